The molecule has 0 bridgehead atoms. The number of imidazole rings is 1. The molecule has 0 aliphatic heterocycles. The molecule has 18 heavy (non-hydrogen) atoms. The van der Waals surface area contributed by atoms with Crippen molar-refractivity contribution < 1.29 is 22.7 Å². The summed E-state index contributed by atoms with van der Waals surface area (Å²) < 4.78 is 44.2. The second-order valence-electron chi connectivity index (χ2n) is 3.76. The van der Waals surface area contributed by atoms with Gasteiger partial charge in [0, 0.05) is 6.04 Å². The third-order valence-corrected chi connectivity index (χ3v) is 2.68. The topological polar surface area (TPSA) is 44.1 Å². The van der Waals surface area contributed by atoms with Gasteiger partial charge in [0.05, 0.1) is 6.61 Å². The molecule has 1 rings (SSSR count). The molecule has 0 aromatic carbocycles. The van der Waals surface area contributed by atoms with E-state index in [0.29, 0.717) is 0 Å². The van der Waals surface area contributed by atoms with E-state index in [4.69, 9.17) is 0 Å². The number of halogens is 4. The monoisotopic (exact) mass is 328 g/mol. The Hall–Kier alpha value is -1.05. The zero-order valence-electron chi connectivity index (χ0n) is 10.0. The fourth-order valence-corrected chi connectivity index (χ4v) is 2.23. The first-order chi connectivity index (χ1) is 8.20. The van der Waals surface area contributed by atoms with Crippen molar-refractivity contribution in [3.05, 3.63) is 16.1 Å². The van der Waals surface area contributed by atoms with Gasteiger partial charge >= 0.3 is 12.1 Å². The summed E-state index contributed by atoms with van der Waals surface area (Å²) in [6, 6.07) is -0.359. The number of hydrogen-bond donors (Lipinski definition) is 0. The summed E-state index contributed by atoms with van der Waals surface area (Å²) in [5.41, 5.74) is -1.81. The molecule has 1 aromatic rings. The molecule has 0 spiro atoms. The van der Waals surface area contributed by atoms with Crippen molar-refractivity contribution in [3.63, 3.8) is 0 Å². The summed E-state index contributed by atoms with van der Waals surface area (Å²) in [5, 5.41) is 0. The van der Waals surface area contributed by atoms with E-state index in [1.165, 1.54) is 6.92 Å². The highest BCUT2D eigenvalue weighted by Crippen LogP contribution is 2.35. The minimum atomic E-state index is -4.70. The van der Waals surface area contributed by atoms with Gasteiger partial charge in [-0.15, -0.1) is 0 Å². The smallest absolute Gasteiger partial charge is 0.435 e. The molecule has 1 heterocycles. The van der Waals surface area contributed by atoms with Crippen molar-refractivity contribution in [2.24, 2.45) is 0 Å². The van der Waals surface area contributed by atoms with Gasteiger partial charge in [0.15, 0.2) is 16.1 Å². The molecule has 0 saturated heterocycles. The molecule has 0 N–H and O–H groups in total. The van der Waals surface area contributed by atoms with Gasteiger partial charge in [-0.1, -0.05) is 0 Å². The van der Waals surface area contributed by atoms with Crippen molar-refractivity contribution in [1.82, 2.24) is 9.55 Å². The second-order valence-corrected chi connectivity index (χ2v) is 4.47. The fraction of sp³-hybridized carbons (Fsp3) is 0.600. The molecule has 1 aromatic heterocycles. The van der Waals surface area contributed by atoms with Crippen LogP contribution in [0.5, 0.6) is 0 Å². The third kappa shape index (κ3) is 2.85. The van der Waals surface area contributed by atoms with Crippen LogP contribution in [0.3, 0.4) is 0 Å². The van der Waals surface area contributed by atoms with Crippen LogP contribution in [0, 0.1) is 0 Å². The quantitative estimate of drug-likeness (QED) is 0.798. The van der Waals surface area contributed by atoms with E-state index in [2.05, 4.69) is 25.7 Å². The zero-order valence-corrected chi connectivity index (χ0v) is 11.6. The molecule has 0 aliphatic carbocycles. The summed E-state index contributed by atoms with van der Waals surface area (Å²) in [6.07, 6.45) is -4.70. The summed E-state index contributed by atoms with van der Waals surface area (Å²) in [4.78, 5) is 15.0. The first kappa shape index (κ1) is 15.0. The summed E-state index contributed by atoms with van der Waals surface area (Å²) in [5.74, 6) is -1.03. The van der Waals surface area contributed by atoms with E-state index < -0.39 is 23.5 Å². The normalized spacial score (nSPS) is 12.0. The fourth-order valence-electron chi connectivity index (χ4n) is 1.47. The number of esters is 1. The van der Waals surface area contributed by atoms with Gasteiger partial charge in [0.1, 0.15) is 0 Å². The van der Waals surface area contributed by atoms with Gasteiger partial charge in [0.25, 0.3) is 0 Å². The van der Waals surface area contributed by atoms with E-state index in [1.54, 1.807) is 13.8 Å². The van der Waals surface area contributed by atoms with Gasteiger partial charge < -0.3 is 9.30 Å². The summed E-state index contributed by atoms with van der Waals surface area (Å²) in [7, 11) is 0. The number of alkyl halides is 3. The lowest BCUT2D eigenvalue weighted by atomic mass is 10.3. The number of carbonyl (C=O) groups excluding carboxylic acids is 1. The number of aromatic nitrogens is 2. The lowest BCUT2D eigenvalue weighted by molar-refractivity contribution is -0.141. The Kier molecular flexibility index (Phi) is 4.41. The summed E-state index contributed by atoms with van der Waals surface area (Å²) >= 11 is 2.92. The molecule has 102 valence electrons. The molecule has 8 heteroatoms. The van der Waals surface area contributed by atoms with Gasteiger partial charge in [0.2, 0.25) is 0 Å². The van der Waals surface area contributed by atoms with Crippen LogP contribution in [0.15, 0.2) is 4.73 Å². The number of nitrogens with zero attached hydrogens (tertiary/aromatic N) is 2. The standard InChI is InChI=1S/C10H12BrF3N2O2/c1-4-18-8(17)6-7(10(12,13)14)15-9(11)16(6)5(2)3/h5H,4H2,1-3H3. The van der Waals surface area contributed by atoms with Crippen molar-refractivity contribution in [2.75, 3.05) is 6.61 Å². The number of rotatable bonds is 3. The highest BCUT2D eigenvalue weighted by Gasteiger charge is 2.42. The average Bonchev–Trinajstić information content (AvgIpc) is 2.55. The molecule has 4 nitrogen and oxygen atoms in total. The van der Waals surface area contributed by atoms with Crippen LogP contribution in [-0.4, -0.2) is 22.1 Å². The molecule has 0 fully saturated rings. The van der Waals surface area contributed by atoms with Crippen LogP contribution in [0.4, 0.5) is 13.2 Å². The van der Waals surface area contributed by atoms with Gasteiger partial charge in [-0.3, -0.25) is 0 Å². The Bertz CT molecular complexity index is 455. The van der Waals surface area contributed by atoms with Crippen molar-refractivity contribution >= 4 is 21.9 Å². The average molecular weight is 329 g/mol. The maximum Gasteiger partial charge on any atom is 0.435 e. The number of hydrogen-bond acceptors (Lipinski definition) is 3. The van der Waals surface area contributed by atoms with E-state index >= 15 is 0 Å². The molecular weight excluding hydrogens is 317 g/mol. The van der Waals surface area contributed by atoms with E-state index in [0.717, 1.165) is 4.57 Å². The van der Waals surface area contributed by atoms with Crippen LogP contribution in [0.2, 0.25) is 0 Å². The zero-order chi connectivity index (χ0) is 14.1. The van der Waals surface area contributed by atoms with E-state index in [-0.39, 0.29) is 17.4 Å². The number of carbonyl (C=O) groups is 1. The molecule has 0 atom stereocenters. The third-order valence-electron chi connectivity index (χ3n) is 2.12. The molecule has 0 unspecified atom stereocenters. The predicted octanol–water partition coefficient (Wildman–Crippen LogP) is 3.42. The minimum absolute atomic E-state index is 0.00295. The van der Waals surface area contributed by atoms with Crippen molar-refractivity contribution in [1.29, 1.82) is 0 Å². The highest BCUT2D eigenvalue weighted by molar-refractivity contribution is 9.10. The van der Waals surface area contributed by atoms with Crippen molar-refractivity contribution in [2.45, 2.75) is 33.0 Å². The Morgan fingerprint density at radius 1 is 1.50 bits per heavy atom. The summed E-state index contributed by atoms with van der Waals surface area (Å²) in [6.45, 7) is 4.82. The van der Waals surface area contributed by atoms with Gasteiger partial charge in [-0.2, -0.15) is 13.2 Å². The molecule has 0 saturated carbocycles. The minimum Gasteiger partial charge on any atom is -0.461 e. The molecular formula is C10H12BrF3N2O2. The molecule has 0 radical (unpaired) electrons. The van der Waals surface area contributed by atoms with Crippen LogP contribution in [0.1, 0.15) is 43.0 Å². The van der Waals surface area contributed by atoms with Gasteiger partial charge in [-0.05, 0) is 36.7 Å². The maximum absolute atomic E-state index is 12.8. The Morgan fingerprint density at radius 3 is 2.44 bits per heavy atom. The highest BCUT2D eigenvalue weighted by atomic mass is 79.9. The van der Waals surface area contributed by atoms with E-state index in [1.807, 2.05) is 0 Å². The van der Waals surface area contributed by atoms with Crippen LogP contribution >= 0.6 is 15.9 Å². The molecule has 0 amide bonds. The Labute approximate surface area is 110 Å². The van der Waals surface area contributed by atoms with Crippen molar-refractivity contribution in [3.8, 4) is 0 Å². The maximum atomic E-state index is 12.8. The second kappa shape index (κ2) is 5.29. The Morgan fingerprint density at radius 2 is 2.06 bits per heavy atom. The lowest BCUT2D eigenvalue weighted by Crippen LogP contribution is -2.19. The van der Waals surface area contributed by atoms with Crippen LogP contribution in [-0.2, 0) is 10.9 Å². The molecule has 0 aliphatic rings. The number of ether oxygens (including phenoxy) is 1. The predicted molar refractivity (Wildman–Crippen MR) is 61.3 cm³/mol. The first-order valence-corrected chi connectivity index (χ1v) is 6.01. The van der Waals surface area contributed by atoms with Crippen LogP contribution in [0.25, 0.3) is 0 Å². The Balaban J connectivity index is 3.46. The SMILES string of the molecule is CCOC(=O)c1c(C(F)(F)F)nc(Br)n1C(C)C. The lowest BCUT2D eigenvalue weighted by Gasteiger charge is -2.13. The first-order valence-electron chi connectivity index (χ1n) is 5.22. The van der Waals surface area contributed by atoms with Gasteiger partial charge in [-0.25, -0.2) is 9.78 Å². The van der Waals surface area contributed by atoms with E-state index in [9.17, 15) is 18.0 Å². The van der Waals surface area contributed by atoms with Crippen LogP contribution < -0.4 is 0 Å². The largest absolute Gasteiger partial charge is 0.461 e.